The van der Waals surface area contributed by atoms with Gasteiger partial charge in [-0.25, -0.2) is 0 Å². The molecular formula is C14H29NO. The molecular weight excluding hydrogens is 198 g/mol. The van der Waals surface area contributed by atoms with Crippen LogP contribution in [0.3, 0.4) is 0 Å². The molecule has 0 spiro atoms. The van der Waals surface area contributed by atoms with Crippen LogP contribution in [0.4, 0.5) is 0 Å². The number of hydrogen-bond acceptors (Lipinski definition) is 2. The fraction of sp³-hybridized carbons (Fsp3) is 0.857. The first-order chi connectivity index (χ1) is 7.58. The minimum Gasteiger partial charge on any atom is -0.377 e. The van der Waals surface area contributed by atoms with Crippen LogP contribution in [0.25, 0.3) is 0 Å². The third kappa shape index (κ3) is 6.29. The zero-order valence-electron chi connectivity index (χ0n) is 11.5. The van der Waals surface area contributed by atoms with Crippen LogP contribution in [0.5, 0.6) is 0 Å². The summed E-state index contributed by atoms with van der Waals surface area (Å²) in [6.07, 6.45) is 8.13. The van der Waals surface area contributed by atoms with Crippen molar-refractivity contribution in [3.05, 3.63) is 12.7 Å². The average molecular weight is 227 g/mol. The van der Waals surface area contributed by atoms with E-state index in [9.17, 15) is 0 Å². The molecule has 96 valence electrons. The van der Waals surface area contributed by atoms with Gasteiger partial charge in [0.05, 0.1) is 5.60 Å². The van der Waals surface area contributed by atoms with Crippen LogP contribution in [-0.4, -0.2) is 25.3 Å². The summed E-state index contributed by atoms with van der Waals surface area (Å²) in [6, 6.07) is 0.450. The van der Waals surface area contributed by atoms with Gasteiger partial charge in [0.2, 0.25) is 0 Å². The molecule has 2 nitrogen and oxygen atoms in total. The average Bonchev–Trinajstić information content (AvgIpc) is 2.27. The smallest absolute Gasteiger partial charge is 0.0774 e. The van der Waals surface area contributed by atoms with Crippen LogP contribution in [0.1, 0.15) is 52.9 Å². The highest BCUT2D eigenvalue weighted by molar-refractivity contribution is 4.85. The van der Waals surface area contributed by atoms with Gasteiger partial charge in [-0.1, -0.05) is 25.8 Å². The third-order valence-electron chi connectivity index (χ3n) is 3.22. The van der Waals surface area contributed by atoms with Crippen molar-refractivity contribution in [2.75, 3.05) is 13.7 Å². The summed E-state index contributed by atoms with van der Waals surface area (Å²) in [5, 5.41) is 3.52. The third-order valence-corrected chi connectivity index (χ3v) is 3.22. The Morgan fingerprint density at radius 3 is 2.50 bits per heavy atom. The number of methoxy groups -OCH3 is 1. The highest BCUT2D eigenvalue weighted by Gasteiger charge is 2.27. The molecule has 0 radical (unpaired) electrons. The van der Waals surface area contributed by atoms with Gasteiger partial charge < -0.3 is 10.1 Å². The SMILES string of the molecule is C=CCCCCCC(NCC)C(C)(C)OC. The van der Waals surface area contributed by atoms with Crippen LogP contribution in [0, 0.1) is 0 Å². The van der Waals surface area contributed by atoms with E-state index in [4.69, 9.17) is 4.74 Å². The lowest BCUT2D eigenvalue weighted by Crippen LogP contribution is -2.48. The van der Waals surface area contributed by atoms with Crippen molar-refractivity contribution < 1.29 is 4.74 Å². The highest BCUT2D eigenvalue weighted by Crippen LogP contribution is 2.19. The molecule has 2 heteroatoms. The first-order valence-corrected chi connectivity index (χ1v) is 6.48. The zero-order chi connectivity index (χ0) is 12.4. The Bertz CT molecular complexity index is 178. The highest BCUT2D eigenvalue weighted by atomic mass is 16.5. The van der Waals surface area contributed by atoms with Gasteiger partial charge in [0.25, 0.3) is 0 Å². The Balaban J connectivity index is 3.89. The second-order valence-corrected chi connectivity index (χ2v) is 4.84. The molecule has 0 aliphatic rings. The van der Waals surface area contributed by atoms with E-state index in [0.717, 1.165) is 13.0 Å². The molecule has 0 aliphatic carbocycles. The fourth-order valence-corrected chi connectivity index (χ4v) is 1.90. The lowest BCUT2D eigenvalue weighted by atomic mass is 9.93. The second-order valence-electron chi connectivity index (χ2n) is 4.84. The summed E-state index contributed by atoms with van der Waals surface area (Å²) in [5.74, 6) is 0. The van der Waals surface area contributed by atoms with E-state index in [0.29, 0.717) is 6.04 Å². The fourth-order valence-electron chi connectivity index (χ4n) is 1.90. The number of likely N-dealkylation sites (N-methyl/N-ethyl adjacent to an activating group) is 1. The van der Waals surface area contributed by atoms with Gasteiger partial charge in [-0.15, -0.1) is 6.58 Å². The minimum atomic E-state index is -0.0750. The maximum atomic E-state index is 5.55. The predicted molar refractivity (Wildman–Crippen MR) is 71.8 cm³/mol. The van der Waals surface area contributed by atoms with Crippen LogP contribution >= 0.6 is 0 Å². The molecule has 0 rings (SSSR count). The summed E-state index contributed by atoms with van der Waals surface area (Å²) < 4.78 is 5.55. The number of hydrogen-bond donors (Lipinski definition) is 1. The van der Waals surface area contributed by atoms with Gasteiger partial charge in [0.1, 0.15) is 0 Å². The molecule has 1 N–H and O–H groups in total. The van der Waals surface area contributed by atoms with Crippen molar-refractivity contribution >= 4 is 0 Å². The summed E-state index contributed by atoms with van der Waals surface area (Å²) in [6.45, 7) is 11.2. The second kappa shape index (κ2) is 8.77. The van der Waals surface area contributed by atoms with Gasteiger partial charge in [0.15, 0.2) is 0 Å². The maximum Gasteiger partial charge on any atom is 0.0774 e. The van der Waals surface area contributed by atoms with Gasteiger partial charge in [0, 0.05) is 13.2 Å². The molecule has 0 aromatic carbocycles. The van der Waals surface area contributed by atoms with Crippen molar-refractivity contribution in [3.63, 3.8) is 0 Å². The first kappa shape index (κ1) is 15.7. The molecule has 0 saturated heterocycles. The number of ether oxygens (including phenoxy) is 1. The predicted octanol–water partition coefficient (Wildman–Crippen LogP) is 3.53. The number of rotatable bonds is 10. The lowest BCUT2D eigenvalue weighted by molar-refractivity contribution is -0.0127. The zero-order valence-corrected chi connectivity index (χ0v) is 11.5. The Morgan fingerprint density at radius 1 is 1.31 bits per heavy atom. The van der Waals surface area contributed by atoms with Crippen molar-refractivity contribution in [2.45, 2.75) is 64.5 Å². The van der Waals surface area contributed by atoms with E-state index in [2.05, 4.69) is 32.7 Å². The van der Waals surface area contributed by atoms with E-state index in [-0.39, 0.29) is 5.60 Å². The van der Waals surface area contributed by atoms with Gasteiger partial charge in [-0.3, -0.25) is 0 Å². The van der Waals surface area contributed by atoms with E-state index < -0.39 is 0 Å². The van der Waals surface area contributed by atoms with Gasteiger partial charge in [-0.2, -0.15) is 0 Å². The van der Waals surface area contributed by atoms with E-state index in [1.54, 1.807) is 7.11 Å². The number of nitrogens with one attached hydrogen (secondary N) is 1. The molecule has 0 saturated carbocycles. The van der Waals surface area contributed by atoms with Crippen molar-refractivity contribution in [3.8, 4) is 0 Å². The molecule has 16 heavy (non-hydrogen) atoms. The quantitative estimate of drug-likeness (QED) is 0.455. The van der Waals surface area contributed by atoms with Crippen molar-refractivity contribution in [1.82, 2.24) is 5.32 Å². The molecule has 0 amide bonds. The van der Waals surface area contributed by atoms with Crippen molar-refractivity contribution in [1.29, 1.82) is 0 Å². The monoisotopic (exact) mass is 227 g/mol. The largest absolute Gasteiger partial charge is 0.377 e. The Hall–Kier alpha value is -0.340. The Labute approximate surface area is 101 Å². The minimum absolute atomic E-state index is 0.0750. The first-order valence-electron chi connectivity index (χ1n) is 6.48. The number of unbranched alkanes of at least 4 members (excludes halogenated alkanes) is 3. The van der Waals surface area contributed by atoms with Crippen LogP contribution < -0.4 is 5.32 Å². The molecule has 0 bridgehead atoms. The van der Waals surface area contributed by atoms with E-state index in [1.807, 2.05) is 6.08 Å². The van der Waals surface area contributed by atoms with Crippen molar-refractivity contribution in [2.24, 2.45) is 0 Å². The molecule has 0 heterocycles. The van der Waals surface area contributed by atoms with Gasteiger partial charge in [-0.05, 0) is 39.7 Å². The lowest BCUT2D eigenvalue weighted by Gasteiger charge is -2.33. The molecule has 0 fully saturated rings. The van der Waals surface area contributed by atoms with Gasteiger partial charge >= 0.3 is 0 Å². The summed E-state index contributed by atoms with van der Waals surface area (Å²) >= 11 is 0. The van der Waals surface area contributed by atoms with Crippen LogP contribution in [0.15, 0.2) is 12.7 Å². The van der Waals surface area contributed by atoms with E-state index in [1.165, 1.54) is 25.7 Å². The topological polar surface area (TPSA) is 21.3 Å². The molecule has 0 aromatic rings. The molecule has 1 unspecified atom stereocenters. The summed E-state index contributed by atoms with van der Waals surface area (Å²) in [5.41, 5.74) is -0.0750. The van der Waals surface area contributed by atoms with Crippen LogP contribution in [-0.2, 0) is 4.74 Å². The summed E-state index contributed by atoms with van der Waals surface area (Å²) in [7, 11) is 1.79. The Morgan fingerprint density at radius 2 is 2.00 bits per heavy atom. The van der Waals surface area contributed by atoms with E-state index >= 15 is 0 Å². The molecule has 0 aliphatic heterocycles. The Kier molecular flexibility index (Phi) is 8.58. The molecule has 1 atom stereocenters. The number of allylic oxidation sites excluding steroid dienone is 1. The van der Waals surface area contributed by atoms with Crippen LogP contribution in [0.2, 0.25) is 0 Å². The normalized spacial score (nSPS) is 13.8. The standard InChI is InChI=1S/C14H29NO/c1-6-8-9-10-11-12-13(15-7-2)14(3,4)16-5/h6,13,15H,1,7-12H2,2-5H3. The molecule has 0 aromatic heterocycles. The summed E-state index contributed by atoms with van der Waals surface area (Å²) in [4.78, 5) is 0. The maximum absolute atomic E-state index is 5.55.